The number of aromatic nitrogens is 1. The van der Waals surface area contributed by atoms with Crippen LogP contribution in [0.4, 0.5) is 0 Å². The minimum absolute atomic E-state index is 0. The topological polar surface area (TPSA) is 65.1 Å². The van der Waals surface area contributed by atoms with Crippen LogP contribution in [-0.2, 0) is 6.42 Å². The molecule has 2 rings (SSSR count). The van der Waals surface area contributed by atoms with E-state index in [4.69, 9.17) is 0 Å². The number of benzene rings is 1. The zero-order chi connectivity index (χ0) is 16.0. The molecule has 1 unspecified atom stereocenters. The van der Waals surface area contributed by atoms with Crippen molar-refractivity contribution in [2.75, 3.05) is 6.54 Å². The molecule has 0 spiro atoms. The molecular formula is C18H26Cl2N2O2. The molecule has 1 atom stereocenters. The summed E-state index contributed by atoms with van der Waals surface area (Å²) in [6, 6.07) is 13.5. The summed E-state index contributed by atoms with van der Waals surface area (Å²) in [5.41, 5.74) is 1.80. The summed E-state index contributed by atoms with van der Waals surface area (Å²) >= 11 is 0. The van der Waals surface area contributed by atoms with Gasteiger partial charge in [0.2, 0.25) is 5.56 Å². The van der Waals surface area contributed by atoms with Crippen molar-refractivity contribution in [2.45, 2.75) is 38.3 Å². The Morgan fingerprint density at radius 2 is 1.79 bits per heavy atom. The van der Waals surface area contributed by atoms with Crippen LogP contribution in [0.3, 0.4) is 0 Å². The van der Waals surface area contributed by atoms with Gasteiger partial charge >= 0.3 is 0 Å². The van der Waals surface area contributed by atoms with Crippen molar-refractivity contribution in [1.29, 1.82) is 0 Å². The highest BCUT2D eigenvalue weighted by Gasteiger charge is 2.19. The number of rotatable bonds is 7. The van der Waals surface area contributed by atoms with Gasteiger partial charge in [-0.1, -0.05) is 30.3 Å². The fourth-order valence-corrected chi connectivity index (χ4v) is 2.31. The summed E-state index contributed by atoms with van der Waals surface area (Å²) in [5, 5.41) is 13.6. The van der Waals surface area contributed by atoms with Gasteiger partial charge in [0.25, 0.3) is 0 Å². The summed E-state index contributed by atoms with van der Waals surface area (Å²) in [6.07, 6.45) is 2.91. The van der Waals surface area contributed by atoms with Gasteiger partial charge in [-0.25, -0.2) is 0 Å². The molecule has 0 aliphatic heterocycles. The monoisotopic (exact) mass is 372 g/mol. The third kappa shape index (κ3) is 7.49. The summed E-state index contributed by atoms with van der Waals surface area (Å²) in [5.74, 6) is 0. The number of aliphatic hydroxyl groups excluding tert-OH is 1. The van der Waals surface area contributed by atoms with Crippen LogP contribution in [0.2, 0.25) is 0 Å². The lowest BCUT2D eigenvalue weighted by atomic mass is 9.95. The Morgan fingerprint density at radius 3 is 2.38 bits per heavy atom. The summed E-state index contributed by atoms with van der Waals surface area (Å²) in [4.78, 5) is 13.6. The SMILES string of the molecule is CC(C)(CCc1ccccc1)NCC(O)c1ccc(=O)[nH]c1.Cl.Cl. The van der Waals surface area contributed by atoms with E-state index in [1.807, 2.05) is 6.07 Å². The molecule has 0 saturated heterocycles. The Bertz CT molecular complexity index is 624. The molecule has 1 aromatic heterocycles. The van der Waals surface area contributed by atoms with Crippen molar-refractivity contribution in [3.05, 3.63) is 70.1 Å². The summed E-state index contributed by atoms with van der Waals surface area (Å²) in [7, 11) is 0. The Balaban J connectivity index is 0.00000264. The van der Waals surface area contributed by atoms with Crippen molar-refractivity contribution >= 4 is 24.8 Å². The molecule has 2 aromatic rings. The maximum atomic E-state index is 11.0. The van der Waals surface area contributed by atoms with Gasteiger partial charge in [-0.3, -0.25) is 4.79 Å². The lowest BCUT2D eigenvalue weighted by molar-refractivity contribution is 0.159. The predicted octanol–water partition coefficient (Wildman–Crippen LogP) is 3.25. The quantitative estimate of drug-likeness (QED) is 0.698. The molecule has 0 amide bonds. The van der Waals surface area contributed by atoms with E-state index in [9.17, 15) is 9.90 Å². The maximum absolute atomic E-state index is 11.0. The third-order valence-corrected chi connectivity index (χ3v) is 3.85. The average Bonchev–Trinajstić information content (AvgIpc) is 2.53. The van der Waals surface area contributed by atoms with E-state index < -0.39 is 6.10 Å². The number of aromatic amines is 1. The molecule has 1 heterocycles. The molecule has 4 nitrogen and oxygen atoms in total. The lowest BCUT2D eigenvalue weighted by Gasteiger charge is -2.28. The van der Waals surface area contributed by atoms with Crippen LogP contribution < -0.4 is 10.9 Å². The third-order valence-electron chi connectivity index (χ3n) is 3.85. The number of aliphatic hydroxyl groups is 1. The molecule has 3 N–H and O–H groups in total. The second-order valence-corrected chi connectivity index (χ2v) is 6.25. The number of nitrogens with one attached hydrogen (secondary N) is 2. The van der Waals surface area contributed by atoms with Crippen LogP contribution in [0, 0.1) is 0 Å². The average molecular weight is 373 g/mol. The van der Waals surface area contributed by atoms with E-state index in [0.29, 0.717) is 12.1 Å². The Morgan fingerprint density at radius 1 is 1.12 bits per heavy atom. The maximum Gasteiger partial charge on any atom is 0.247 e. The van der Waals surface area contributed by atoms with Crippen LogP contribution in [0.5, 0.6) is 0 Å². The number of hydrogen-bond donors (Lipinski definition) is 3. The van der Waals surface area contributed by atoms with Gasteiger partial charge in [-0.05, 0) is 43.9 Å². The Kier molecular flexibility index (Phi) is 9.93. The van der Waals surface area contributed by atoms with Crippen molar-refractivity contribution < 1.29 is 5.11 Å². The molecule has 1 aromatic carbocycles. The number of aryl methyl sites for hydroxylation is 1. The number of H-pyrrole nitrogens is 1. The van der Waals surface area contributed by atoms with Crippen LogP contribution in [0.15, 0.2) is 53.5 Å². The van der Waals surface area contributed by atoms with Gasteiger partial charge in [0, 0.05) is 24.3 Å². The van der Waals surface area contributed by atoms with Crippen LogP contribution in [0.25, 0.3) is 0 Å². The minimum Gasteiger partial charge on any atom is -0.387 e. The fourth-order valence-electron chi connectivity index (χ4n) is 2.31. The van der Waals surface area contributed by atoms with E-state index in [1.165, 1.54) is 11.6 Å². The largest absolute Gasteiger partial charge is 0.387 e. The first-order chi connectivity index (χ1) is 10.5. The second kappa shape index (κ2) is 10.5. The number of pyridine rings is 1. The molecule has 0 saturated carbocycles. The molecule has 0 bridgehead atoms. The zero-order valence-electron chi connectivity index (χ0n) is 14.0. The molecule has 6 heteroatoms. The smallest absolute Gasteiger partial charge is 0.247 e. The van der Waals surface area contributed by atoms with Crippen LogP contribution in [0.1, 0.15) is 37.5 Å². The predicted molar refractivity (Wildman–Crippen MR) is 103 cm³/mol. The molecule has 24 heavy (non-hydrogen) atoms. The standard InChI is InChI=1S/C18H24N2O2.2ClH/c1-18(2,11-10-14-6-4-3-5-7-14)20-13-16(21)15-8-9-17(22)19-12-15;;/h3-9,12,16,20-21H,10-11,13H2,1-2H3,(H,19,22);2*1H. The van der Waals surface area contributed by atoms with Gasteiger partial charge < -0.3 is 15.4 Å². The van der Waals surface area contributed by atoms with E-state index in [2.05, 4.69) is 48.4 Å². The fraction of sp³-hybridized carbons (Fsp3) is 0.389. The minimum atomic E-state index is -0.632. The molecule has 134 valence electrons. The molecule has 0 aliphatic carbocycles. The van der Waals surface area contributed by atoms with Crippen molar-refractivity contribution in [3.8, 4) is 0 Å². The van der Waals surface area contributed by atoms with Crippen molar-refractivity contribution in [1.82, 2.24) is 10.3 Å². The number of β-amino-alcohol motifs (C(OH)–C–C–N with tert-alkyl or cyclic N) is 1. The van der Waals surface area contributed by atoms with Gasteiger partial charge in [0.1, 0.15) is 0 Å². The van der Waals surface area contributed by atoms with Crippen LogP contribution in [-0.4, -0.2) is 22.2 Å². The van der Waals surface area contributed by atoms with E-state index in [1.54, 1.807) is 12.3 Å². The molecule has 0 aliphatic rings. The van der Waals surface area contributed by atoms with Gasteiger partial charge in [-0.15, -0.1) is 24.8 Å². The number of hydrogen-bond acceptors (Lipinski definition) is 3. The highest BCUT2D eigenvalue weighted by molar-refractivity contribution is 5.85. The number of halogens is 2. The highest BCUT2D eigenvalue weighted by atomic mass is 35.5. The Labute approximate surface area is 155 Å². The first kappa shape index (κ1) is 22.7. The molecular weight excluding hydrogens is 347 g/mol. The van der Waals surface area contributed by atoms with Crippen molar-refractivity contribution in [2.24, 2.45) is 0 Å². The lowest BCUT2D eigenvalue weighted by Crippen LogP contribution is -2.42. The summed E-state index contributed by atoms with van der Waals surface area (Å²) < 4.78 is 0. The van der Waals surface area contributed by atoms with E-state index in [-0.39, 0.29) is 35.9 Å². The normalized spacial score (nSPS) is 12.0. The van der Waals surface area contributed by atoms with Crippen molar-refractivity contribution in [3.63, 3.8) is 0 Å². The molecule has 0 radical (unpaired) electrons. The summed E-state index contributed by atoms with van der Waals surface area (Å²) in [6.45, 7) is 4.72. The second-order valence-electron chi connectivity index (χ2n) is 6.25. The van der Waals surface area contributed by atoms with Gasteiger partial charge in [0.15, 0.2) is 0 Å². The van der Waals surface area contributed by atoms with Crippen LogP contribution >= 0.6 is 24.8 Å². The highest BCUT2D eigenvalue weighted by Crippen LogP contribution is 2.16. The van der Waals surface area contributed by atoms with Gasteiger partial charge in [0.05, 0.1) is 6.10 Å². The first-order valence-electron chi connectivity index (χ1n) is 7.62. The zero-order valence-corrected chi connectivity index (χ0v) is 15.6. The van der Waals surface area contributed by atoms with E-state index in [0.717, 1.165) is 12.8 Å². The Hall–Kier alpha value is -1.33. The molecule has 0 fully saturated rings. The van der Waals surface area contributed by atoms with E-state index >= 15 is 0 Å². The van der Waals surface area contributed by atoms with Gasteiger partial charge in [-0.2, -0.15) is 0 Å². The first-order valence-corrected chi connectivity index (χ1v) is 7.62.